The lowest BCUT2D eigenvalue weighted by Gasteiger charge is -2.30. The van der Waals surface area contributed by atoms with E-state index in [4.69, 9.17) is 0 Å². The van der Waals surface area contributed by atoms with Gasteiger partial charge in [-0.3, -0.25) is 0 Å². The third kappa shape index (κ3) is 6.19. The molecule has 1 aromatic rings. The normalized spacial score (nSPS) is 13.6. The minimum atomic E-state index is 0.389. The molecule has 0 aliphatic rings. The highest BCUT2D eigenvalue weighted by Gasteiger charge is 2.24. The van der Waals surface area contributed by atoms with Crippen LogP contribution in [0.5, 0.6) is 0 Å². The first-order valence-electron chi connectivity index (χ1n) is 6.83. The van der Waals surface area contributed by atoms with Crippen molar-refractivity contribution in [2.24, 2.45) is 5.41 Å². The first-order valence-corrected chi connectivity index (χ1v) is 8.87. The molecule has 1 unspecified atom stereocenters. The molecule has 0 aliphatic heterocycles. The van der Waals surface area contributed by atoms with Crippen LogP contribution in [0, 0.1) is 5.41 Å². The lowest BCUT2D eigenvalue weighted by Crippen LogP contribution is -2.26. The Morgan fingerprint density at radius 1 is 1.11 bits per heavy atom. The highest BCUT2D eigenvalue weighted by Crippen LogP contribution is 2.35. The minimum absolute atomic E-state index is 0.389. The van der Waals surface area contributed by atoms with Crippen molar-refractivity contribution in [1.82, 2.24) is 0 Å². The summed E-state index contributed by atoms with van der Waals surface area (Å²) in [5, 5.41) is 0.731. The highest BCUT2D eigenvalue weighted by molar-refractivity contribution is 8.03. The molecule has 1 aromatic carbocycles. The van der Waals surface area contributed by atoms with Crippen LogP contribution >= 0.6 is 23.5 Å². The Hall–Kier alpha value is -0.0800. The Morgan fingerprint density at radius 2 is 1.78 bits per heavy atom. The second-order valence-corrected chi connectivity index (χ2v) is 8.11. The van der Waals surface area contributed by atoms with Gasteiger partial charge in [-0.2, -0.15) is 11.8 Å². The van der Waals surface area contributed by atoms with E-state index >= 15 is 0 Å². The average Bonchev–Trinajstić information content (AvgIpc) is 2.33. The molecule has 0 saturated heterocycles. The molecule has 0 saturated carbocycles. The van der Waals surface area contributed by atoms with Crippen LogP contribution in [0.2, 0.25) is 0 Å². The zero-order chi connectivity index (χ0) is 13.4. The summed E-state index contributed by atoms with van der Waals surface area (Å²) in [7, 11) is 0. The topological polar surface area (TPSA) is 0 Å². The van der Waals surface area contributed by atoms with Crippen LogP contribution in [-0.2, 0) is 0 Å². The molecule has 0 radical (unpaired) electrons. The molecule has 0 amide bonds. The molecule has 18 heavy (non-hydrogen) atoms. The Bertz CT molecular complexity index is 314. The van der Waals surface area contributed by atoms with Crippen LogP contribution in [-0.4, -0.2) is 16.8 Å². The van der Waals surface area contributed by atoms with Crippen LogP contribution in [0.15, 0.2) is 35.2 Å². The van der Waals surface area contributed by atoms with E-state index in [0.29, 0.717) is 5.41 Å². The number of hydrogen-bond donors (Lipinski definition) is 0. The Kier molecular flexibility index (Phi) is 7.25. The Balaban J connectivity index is 2.46. The molecule has 2 heteroatoms. The molecule has 0 bridgehead atoms. The van der Waals surface area contributed by atoms with E-state index in [1.165, 1.54) is 29.2 Å². The lowest BCUT2D eigenvalue weighted by molar-refractivity contribution is 0.414. The van der Waals surface area contributed by atoms with Gasteiger partial charge in [0.05, 0.1) is 0 Å². The van der Waals surface area contributed by atoms with E-state index in [-0.39, 0.29) is 0 Å². The van der Waals surface area contributed by atoms with Gasteiger partial charge in [0.15, 0.2) is 0 Å². The molecule has 0 heterocycles. The van der Waals surface area contributed by atoms with Crippen molar-refractivity contribution in [2.45, 2.75) is 50.7 Å². The fourth-order valence-corrected chi connectivity index (χ4v) is 4.63. The fraction of sp³-hybridized carbons (Fsp3) is 0.625. The predicted octanol–water partition coefficient (Wildman–Crippen LogP) is 5.73. The second kappa shape index (κ2) is 8.16. The standard InChI is InChI=1S/C16H26S2/c1-5-6-12-17-15(16(2,3)4)13-18-14-10-8-7-9-11-14/h7-11,15H,5-6,12-13H2,1-4H3. The highest BCUT2D eigenvalue weighted by atomic mass is 32.2. The number of benzene rings is 1. The van der Waals surface area contributed by atoms with Crippen molar-refractivity contribution in [2.75, 3.05) is 11.5 Å². The van der Waals surface area contributed by atoms with Gasteiger partial charge in [-0.25, -0.2) is 0 Å². The van der Waals surface area contributed by atoms with E-state index < -0.39 is 0 Å². The predicted molar refractivity (Wildman–Crippen MR) is 87.8 cm³/mol. The summed E-state index contributed by atoms with van der Waals surface area (Å²) in [5.74, 6) is 2.51. The molecular weight excluding hydrogens is 256 g/mol. The molecular formula is C16H26S2. The fourth-order valence-electron chi connectivity index (χ4n) is 1.61. The van der Waals surface area contributed by atoms with Crippen LogP contribution < -0.4 is 0 Å². The number of rotatable bonds is 7. The SMILES string of the molecule is CCCCSC(CSc1ccccc1)C(C)(C)C. The van der Waals surface area contributed by atoms with E-state index in [9.17, 15) is 0 Å². The molecule has 0 N–H and O–H groups in total. The van der Waals surface area contributed by atoms with Crippen LogP contribution in [0.3, 0.4) is 0 Å². The Labute approximate surface area is 121 Å². The maximum absolute atomic E-state index is 2.36. The summed E-state index contributed by atoms with van der Waals surface area (Å²) in [6, 6.07) is 10.8. The Morgan fingerprint density at radius 3 is 2.33 bits per heavy atom. The monoisotopic (exact) mass is 282 g/mol. The second-order valence-electron chi connectivity index (χ2n) is 5.70. The summed E-state index contributed by atoms with van der Waals surface area (Å²) >= 11 is 4.14. The van der Waals surface area contributed by atoms with Crippen molar-refractivity contribution in [3.63, 3.8) is 0 Å². The van der Waals surface area contributed by atoms with E-state index in [2.05, 4.69) is 69.8 Å². The van der Waals surface area contributed by atoms with Crippen molar-refractivity contribution in [3.05, 3.63) is 30.3 Å². The van der Waals surface area contributed by atoms with E-state index in [1.807, 2.05) is 11.8 Å². The van der Waals surface area contributed by atoms with Gasteiger partial charge in [-0.15, -0.1) is 11.8 Å². The van der Waals surface area contributed by atoms with Gasteiger partial charge in [0.25, 0.3) is 0 Å². The molecule has 0 nitrogen and oxygen atoms in total. The van der Waals surface area contributed by atoms with Gasteiger partial charge in [0, 0.05) is 15.9 Å². The summed E-state index contributed by atoms with van der Waals surface area (Å²) < 4.78 is 0. The molecule has 0 fully saturated rings. The van der Waals surface area contributed by atoms with Gasteiger partial charge in [0.1, 0.15) is 0 Å². The van der Waals surface area contributed by atoms with Crippen molar-refractivity contribution >= 4 is 23.5 Å². The largest absolute Gasteiger partial charge is 0.157 e. The number of unbranched alkanes of at least 4 members (excludes halogenated alkanes) is 1. The summed E-state index contributed by atoms with van der Waals surface area (Å²) in [6.45, 7) is 9.36. The smallest absolute Gasteiger partial charge is 0.0190 e. The van der Waals surface area contributed by atoms with Gasteiger partial charge < -0.3 is 0 Å². The zero-order valence-electron chi connectivity index (χ0n) is 12.1. The van der Waals surface area contributed by atoms with E-state index in [0.717, 1.165) is 5.25 Å². The molecule has 1 atom stereocenters. The van der Waals surface area contributed by atoms with Gasteiger partial charge >= 0.3 is 0 Å². The van der Waals surface area contributed by atoms with Gasteiger partial charge in [0.2, 0.25) is 0 Å². The van der Waals surface area contributed by atoms with Crippen molar-refractivity contribution < 1.29 is 0 Å². The first kappa shape index (κ1) is 16.0. The summed E-state index contributed by atoms with van der Waals surface area (Å²) in [6.07, 6.45) is 2.64. The van der Waals surface area contributed by atoms with Crippen molar-refractivity contribution in [1.29, 1.82) is 0 Å². The summed E-state index contributed by atoms with van der Waals surface area (Å²) in [5.41, 5.74) is 0.389. The minimum Gasteiger partial charge on any atom is -0.157 e. The van der Waals surface area contributed by atoms with Gasteiger partial charge in [-0.1, -0.05) is 52.3 Å². The number of hydrogen-bond acceptors (Lipinski definition) is 2. The summed E-state index contributed by atoms with van der Waals surface area (Å²) in [4.78, 5) is 1.39. The van der Waals surface area contributed by atoms with E-state index in [1.54, 1.807) is 0 Å². The van der Waals surface area contributed by atoms with Crippen molar-refractivity contribution in [3.8, 4) is 0 Å². The molecule has 102 valence electrons. The maximum atomic E-state index is 2.36. The quantitative estimate of drug-likeness (QED) is 0.463. The van der Waals surface area contributed by atoms with Gasteiger partial charge in [-0.05, 0) is 29.7 Å². The van der Waals surface area contributed by atoms with Crippen LogP contribution in [0.1, 0.15) is 40.5 Å². The average molecular weight is 283 g/mol. The molecule has 1 rings (SSSR count). The number of thioether (sulfide) groups is 2. The first-order chi connectivity index (χ1) is 8.54. The van der Waals surface area contributed by atoms with Crippen LogP contribution in [0.25, 0.3) is 0 Å². The zero-order valence-corrected chi connectivity index (χ0v) is 13.7. The lowest BCUT2D eigenvalue weighted by atomic mass is 9.93. The molecule has 0 aliphatic carbocycles. The third-order valence-corrected chi connectivity index (χ3v) is 6.04. The third-order valence-electron chi connectivity index (χ3n) is 2.93. The molecule has 0 spiro atoms. The maximum Gasteiger partial charge on any atom is 0.0190 e. The molecule has 0 aromatic heterocycles. The van der Waals surface area contributed by atoms with Crippen LogP contribution in [0.4, 0.5) is 0 Å².